The zero-order valence-electron chi connectivity index (χ0n) is 18.1. The van der Waals surface area contributed by atoms with E-state index in [2.05, 4.69) is 12.1 Å². The number of rotatable bonds is 2. The number of aromatic hydroxyl groups is 1. The van der Waals surface area contributed by atoms with Crippen molar-refractivity contribution in [3.63, 3.8) is 0 Å². The van der Waals surface area contributed by atoms with Gasteiger partial charge in [0.25, 0.3) is 5.56 Å². The minimum Gasteiger partial charge on any atom is -0.506 e. The molecule has 0 saturated heterocycles. The summed E-state index contributed by atoms with van der Waals surface area (Å²) in [5.74, 6) is -0.121. The normalized spacial score (nSPS) is 17.0. The second-order valence-electron chi connectivity index (χ2n) is 8.49. The summed E-state index contributed by atoms with van der Waals surface area (Å²) in [5, 5.41) is 11.6. The summed E-state index contributed by atoms with van der Waals surface area (Å²) < 4.78 is 2.18. The molecule has 4 aromatic rings. The number of fused-ring (bicyclic) bond motifs is 3. The molecular formula is C27H17Cl3N2O2S. The van der Waals surface area contributed by atoms with Crippen LogP contribution in [-0.2, 0) is 6.42 Å². The highest BCUT2D eigenvalue weighted by Crippen LogP contribution is 2.41. The number of hydrogen-bond acceptors (Lipinski definition) is 4. The van der Waals surface area contributed by atoms with Crippen molar-refractivity contribution < 1.29 is 5.11 Å². The zero-order valence-corrected chi connectivity index (χ0v) is 21.2. The molecule has 2 heterocycles. The third-order valence-corrected chi connectivity index (χ3v) is 8.14. The van der Waals surface area contributed by atoms with E-state index in [-0.39, 0.29) is 22.4 Å². The average Bonchev–Trinajstić information content (AvgIpc) is 3.16. The summed E-state index contributed by atoms with van der Waals surface area (Å²) in [6.07, 6.45) is 3.30. The van der Waals surface area contributed by atoms with Crippen molar-refractivity contribution in [1.29, 1.82) is 0 Å². The SMILES string of the molecule is O=c1/c(=C\c2cc(Cl)cc(Cl)c2O)sc2n1[C@H](c1ccc(Cl)cc1)C1=C(N=2)c2ccccc2CC1. The number of thiazole rings is 1. The molecule has 1 N–H and O–H groups in total. The summed E-state index contributed by atoms with van der Waals surface area (Å²) in [4.78, 5) is 19.3. The van der Waals surface area contributed by atoms with E-state index in [0.717, 1.165) is 35.2 Å². The number of hydrogen-bond donors (Lipinski definition) is 1. The third kappa shape index (κ3) is 3.83. The molecule has 1 aliphatic heterocycles. The molecule has 0 bridgehead atoms. The van der Waals surface area contributed by atoms with Gasteiger partial charge in [-0.15, -0.1) is 0 Å². The Hall–Kier alpha value is -2.83. The largest absolute Gasteiger partial charge is 0.506 e. The van der Waals surface area contributed by atoms with Gasteiger partial charge in [0.05, 0.1) is 21.3 Å². The third-order valence-electron chi connectivity index (χ3n) is 6.40. The maximum atomic E-state index is 13.8. The van der Waals surface area contributed by atoms with Crippen LogP contribution in [0.5, 0.6) is 5.75 Å². The van der Waals surface area contributed by atoms with Crippen molar-refractivity contribution in [2.75, 3.05) is 0 Å². The molecule has 1 atom stereocenters. The first-order valence-corrected chi connectivity index (χ1v) is 12.9. The summed E-state index contributed by atoms with van der Waals surface area (Å²) in [5.41, 5.74) is 5.55. The van der Waals surface area contributed by atoms with Crippen LogP contribution in [0.25, 0.3) is 11.8 Å². The van der Waals surface area contributed by atoms with Crippen molar-refractivity contribution >= 4 is 57.9 Å². The fourth-order valence-corrected chi connectivity index (χ4v) is 6.43. The van der Waals surface area contributed by atoms with E-state index in [1.807, 2.05) is 36.4 Å². The Bertz CT molecular complexity index is 1720. The molecule has 1 aliphatic carbocycles. The highest BCUT2D eigenvalue weighted by molar-refractivity contribution is 7.07. The van der Waals surface area contributed by atoms with Crippen LogP contribution < -0.4 is 14.9 Å². The van der Waals surface area contributed by atoms with Crippen LogP contribution in [0.4, 0.5) is 0 Å². The molecule has 174 valence electrons. The number of allylic oxidation sites excluding steroid dienone is 1. The Morgan fingerprint density at radius 3 is 2.57 bits per heavy atom. The maximum absolute atomic E-state index is 13.8. The van der Waals surface area contributed by atoms with Crippen molar-refractivity contribution in [1.82, 2.24) is 4.57 Å². The molecule has 0 radical (unpaired) electrons. The van der Waals surface area contributed by atoms with Gasteiger partial charge in [0, 0.05) is 21.2 Å². The summed E-state index contributed by atoms with van der Waals surface area (Å²) in [6, 6.07) is 18.6. The van der Waals surface area contributed by atoms with Crippen LogP contribution in [0.3, 0.4) is 0 Å². The number of nitrogens with zero attached hydrogens (tertiary/aromatic N) is 2. The maximum Gasteiger partial charge on any atom is 0.271 e. The van der Waals surface area contributed by atoms with Crippen LogP contribution in [-0.4, -0.2) is 9.67 Å². The molecule has 1 aromatic heterocycles. The number of phenolic OH excluding ortho intramolecular Hbond substituents is 1. The van der Waals surface area contributed by atoms with Crippen LogP contribution in [0, 0.1) is 0 Å². The van der Waals surface area contributed by atoms with E-state index in [0.29, 0.717) is 24.9 Å². The van der Waals surface area contributed by atoms with Gasteiger partial charge in [-0.05, 0) is 59.9 Å². The molecule has 0 amide bonds. The van der Waals surface area contributed by atoms with Gasteiger partial charge in [-0.3, -0.25) is 9.36 Å². The van der Waals surface area contributed by atoms with E-state index in [4.69, 9.17) is 39.8 Å². The number of aromatic nitrogens is 1. The van der Waals surface area contributed by atoms with Crippen LogP contribution >= 0.6 is 46.1 Å². The van der Waals surface area contributed by atoms with Gasteiger partial charge >= 0.3 is 0 Å². The molecule has 0 saturated carbocycles. The quantitative estimate of drug-likeness (QED) is 0.340. The molecule has 6 rings (SSSR count). The number of halogens is 3. The van der Waals surface area contributed by atoms with Crippen molar-refractivity contribution in [3.8, 4) is 5.75 Å². The van der Waals surface area contributed by atoms with Gasteiger partial charge in [0.15, 0.2) is 4.80 Å². The lowest BCUT2D eigenvalue weighted by atomic mass is 9.83. The predicted octanol–water partition coefficient (Wildman–Crippen LogP) is 5.98. The first-order chi connectivity index (χ1) is 16.9. The lowest BCUT2D eigenvalue weighted by Crippen LogP contribution is -2.38. The molecule has 4 nitrogen and oxygen atoms in total. The monoisotopic (exact) mass is 538 g/mol. The smallest absolute Gasteiger partial charge is 0.271 e. The van der Waals surface area contributed by atoms with Crippen molar-refractivity contribution in [2.24, 2.45) is 4.99 Å². The van der Waals surface area contributed by atoms with E-state index in [1.165, 1.54) is 23.0 Å². The molecule has 0 unspecified atom stereocenters. The molecule has 8 heteroatoms. The van der Waals surface area contributed by atoms with E-state index < -0.39 is 0 Å². The molecule has 0 spiro atoms. The van der Waals surface area contributed by atoms with Gasteiger partial charge in [0.2, 0.25) is 0 Å². The lowest BCUT2D eigenvalue weighted by Gasteiger charge is -2.30. The first kappa shape index (κ1) is 22.6. The zero-order chi connectivity index (χ0) is 24.3. The van der Waals surface area contributed by atoms with Crippen LogP contribution in [0.15, 0.2) is 76.0 Å². The van der Waals surface area contributed by atoms with Gasteiger partial charge in [-0.2, -0.15) is 0 Å². The number of aryl methyl sites for hydroxylation is 1. The summed E-state index contributed by atoms with van der Waals surface area (Å²) >= 11 is 19.7. The fourth-order valence-electron chi connectivity index (χ4n) is 4.80. The molecule has 0 fully saturated rings. The van der Waals surface area contributed by atoms with Gasteiger partial charge in [-0.1, -0.05) is 82.5 Å². The fraction of sp³-hybridized carbons (Fsp3) is 0.111. The van der Waals surface area contributed by atoms with Crippen molar-refractivity contribution in [3.05, 3.63) is 123 Å². The van der Waals surface area contributed by atoms with E-state index in [1.54, 1.807) is 16.7 Å². The Kier molecular flexibility index (Phi) is 5.61. The number of phenols is 1. The molecule has 2 aliphatic rings. The topological polar surface area (TPSA) is 54.6 Å². The minimum atomic E-state index is -0.300. The average molecular weight is 540 g/mol. The van der Waals surface area contributed by atoms with E-state index in [9.17, 15) is 9.90 Å². The molecule has 3 aromatic carbocycles. The Morgan fingerprint density at radius 2 is 1.77 bits per heavy atom. The van der Waals surface area contributed by atoms with E-state index >= 15 is 0 Å². The highest BCUT2D eigenvalue weighted by Gasteiger charge is 2.32. The Labute approximate surface area is 219 Å². The minimum absolute atomic E-state index is 0.121. The second-order valence-corrected chi connectivity index (χ2v) is 10.8. The second kappa shape index (κ2) is 8.68. The lowest BCUT2D eigenvalue weighted by molar-refractivity contribution is 0.474. The van der Waals surface area contributed by atoms with Crippen LogP contribution in [0.1, 0.15) is 34.7 Å². The van der Waals surface area contributed by atoms with Crippen LogP contribution in [0.2, 0.25) is 15.1 Å². The molecular weight excluding hydrogens is 523 g/mol. The predicted molar refractivity (Wildman–Crippen MR) is 142 cm³/mol. The standard InChI is InChI=1S/C27H17Cl3N2O2S/c28-17-8-5-15(6-9-17)24-20-10-7-14-3-1-2-4-19(14)23(20)31-27-32(24)26(34)22(35-27)12-16-11-18(29)13-21(30)25(16)33/h1-6,8-9,11-13,24,33H,7,10H2/b22-12+/t24-/m1/s1. The summed E-state index contributed by atoms with van der Waals surface area (Å²) in [6.45, 7) is 0. The van der Waals surface area contributed by atoms with Crippen molar-refractivity contribution in [2.45, 2.75) is 18.9 Å². The highest BCUT2D eigenvalue weighted by atomic mass is 35.5. The van der Waals surface area contributed by atoms with Gasteiger partial charge in [-0.25, -0.2) is 4.99 Å². The Morgan fingerprint density at radius 1 is 1.00 bits per heavy atom. The Balaban J connectivity index is 1.64. The molecule has 35 heavy (non-hydrogen) atoms. The van der Waals surface area contributed by atoms with Gasteiger partial charge < -0.3 is 5.11 Å². The van der Waals surface area contributed by atoms with Gasteiger partial charge in [0.1, 0.15) is 5.75 Å². The number of benzene rings is 3. The first-order valence-electron chi connectivity index (χ1n) is 11.0. The summed E-state index contributed by atoms with van der Waals surface area (Å²) in [7, 11) is 0.